The molecule has 1 saturated heterocycles. The van der Waals surface area contributed by atoms with Gasteiger partial charge in [0.05, 0.1) is 18.9 Å². The summed E-state index contributed by atoms with van der Waals surface area (Å²) in [7, 11) is 0. The van der Waals surface area contributed by atoms with Gasteiger partial charge in [-0.1, -0.05) is 24.3 Å². The second-order valence-corrected chi connectivity index (χ2v) is 8.90. The van der Waals surface area contributed by atoms with E-state index in [0.29, 0.717) is 24.3 Å². The SMILES string of the molecule is Cc1cc(Cc2[nH]nc(NCc3cc(C)c(C)c(C)c3)c2C(N)=O)ccc1N1CCOCC1. The molecule has 1 aliphatic rings. The van der Waals surface area contributed by atoms with Gasteiger partial charge in [-0.15, -0.1) is 0 Å². The number of aryl methyl sites for hydroxylation is 3. The lowest BCUT2D eigenvalue weighted by Crippen LogP contribution is -2.36. The van der Waals surface area contributed by atoms with Crippen LogP contribution in [0.4, 0.5) is 11.5 Å². The standard InChI is InChI=1S/C26H33N5O2/c1-16-11-21(12-17(2)19(16)4)15-28-26-24(25(27)32)22(29-30-26)14-20-5-6-23(18(3)13-20)31-7-9-33-10-8-31/h5-6,11-13H,7-10,14-15H2,1-4H3,(H2,27,32)(H2,28,29,30). The van der Waals surface area contributed by atoms with Crippen LogP contribution >= 0.6 is 0 Å². The molecule has 174 valence electrons. The number of aromatic nitrogens is 2. The van der Waals surface area contributed by atoms with E-state index < -0.39 is 5.91 Å². The summed E-state index contributed by atoms with van der Waals surface area (Å²) < 4.78 is 5.46. The van der Waals surface area contributed by atoms with Crippen molar-refractivity contribution in [3.63, 3.8) is 0 Å². The normalized spacial score (nSPS) is 13.9. The first-order valence-corrected chi connectivity index (χ1v) is 11.4. The minimum atomic E-state index is -0.487. The molecule has 0 atom stereocenters. The number of H-pyrrole nitrogens is 1. The van der Waals surface area contributed by atoms with E-state index in [1.54, 1.807) is 0 Å². The van der Waals surface area contributed by atoms with Gasteiger partial charge in [-0.25, -0.2) is 0 Å². The topological polar surface area (TPSA) is 96.3 Å². The summed E-state index contributed by atoms with van der Waals surface area (Å²) in [5.41, 5.74) is 15.4. The van der Waals surface area contributed by atoms with E-state index in [2.05, 4.69) is 78.4 Å². The second kappa shape index (κ2) is 9.67. The van der Waals surface area contributed by atoms with Crippen molar-refractivity contribution in [3.05, 3.63) is 75.0 Å². The first-order valence-electron chi connectivity index (χ1n) is 11.4. The molecule has 3 aromatic rings. The highest BCUT2D eigenvalue weighted by molar-refractivity contribution is 5.99. The molecular formula is C26H33N5O2. The number of carbonyl (C=O) groups is 1. The smallest absolute Gasteiger partial charge is 0.254 e. The third-order valence-electron chi connectivity index (χ3n) is 6.53. The number of benzene rings is 2. The molecule has 0 saturated carbocycles. The molecule has 2 aromatic carbocycles. The van der Waals surface area contributed by atoms with E-state index in [9.17, 15) is 4.79 Å². The predicted octanol–water partition coefficient (Wildman–Crippen LogP) is 3.78. The van der Waals surface area contributed by atoms with Crippen LogP contribution in [0.5, 0.6) is 0 Å². The number of nitrogens with two attached hydrogens (primary N) is 1. The summed E-state index contributed by atoms with van der Waals surface area (Å²) in [6.45, 7) is 12.4. The summed E-state index contributed by atoms with van der Waals surface area (Å²) in [5, 5.41) is 10.7. The Labute approximate surface area is 195 Å². The molecule has 1 amide bonds. The van der Waals surface area contributed by atoms with Gasteiger partial charge in [0.15, 0.2) is 5.82 Å². The largest absolute Gasteiger partial charge is 0.378 e. The van der Waals surface area contributed by atoms with E-state index in [1.165, 1.54) is 27.9 Å². The summed E-state index contributed by atoms with van der Waals surface area (Å²) in [5.74, 6) is 0.00853. The lowest BCUT2D eigenvalue weighted by molar-refractivity contribution is 0.100. The molecule has 0 unspecified atom stereocenters. The highest BCUT2D eigenvalue weighted by Crippen LogP contribution is 2.26. The summed E-state index contributed by atoms with van der Waals surface area (Å²) in [6, 6.07) is 10.7. The summed E-state index contributed by atoms with van der Waals surface area (Å²) in [4.78, 5) is 14.6. The summed E-state index contributed by atoms with van der Waals surface area (Å²) >= 11 is 0. The number of hydrogen-bond acceptors (Lipinski definition) is 5. The molecule has 4 N–H and O–H groups in total. The number of nitrogens with one attached hydrogen (secondary N) is 2. The van der Waals surface area contributed by atoms with Crippen molar-refractivity contribution in [3.8, 4) is 0 Å². The number of ether oxygens (including phenoxy) is 1. The first kappa shape index (κ1) is 22.9. The van der Waals surface area contributed by atoms with Gasteiger partial charge < -0.3 is 20.7 Å². The molecule has 0 spiro atoms. The van der Waals surface area contributed by atoms with Gasteiger partial charge in [-0.05, 0) is 67.1 Å². The fourth-order valence-corrected chi connectivity index (χ4v) is 4.50. The fraction of sp³-hybridized carbons (Fsp3) is 0.385. The average molecular weight is 448 g/mol. The number of carbonyl (C=O) groups excluding carboxylic acids is 1. The van der Waals surface area contributed by atoms with Crippen LogP contribution < -0.4 is 16.0 Å². The van der Waals surface area contributed by atoms with E-state index in [0.717, 1.165) is 43.1 Å². The maximum Gasteiger partial charge on any atom is 0.254 e. The number of morpholine rings is 1. The van der Waals surface area contributed by atoms with Crippen LogP contribution in [0.25, 0.3) is 0 Å². The molecule has 7 nitrogen and oxygen atoms in total. The zero-order valence-electron chi connectivity index (χ0n) is 19.9. The van der Waals surface area contributed by atoms with E-state index >= 15 is 0 Å². The van der Waals surface area contributed by atoms with Gasteiger partial charge in [0.1, 0.15) is 5.56 Å². The van der Waals surface area contributed by atoms with Crippen LogP contribution in [0.1, 0.15) is 49.4 Å². The van der Waals surface area contributed by atoms with E-state index in [4.69, 9.17) is 10.5 Å². The average Bonchev–Trinajstić information content (AvgIpc) is 3.19. The highest BCUT2D eigenvalue weighted by atomic mass is 16.5. The molecule has 1 aromatic heterocycles. The van der Waals surface area contributed by atoms with Crippen LogP contribution in [-0.4, -0.2) is 42.4 Å². The van der Waals surface area contributed by atoms with Crippen molar-refractivity contribution in [2.24, 2.45) is 5.73 Å². The minimum Gasteiger partial charge on any atom is -0.378 e. The van der Waals surface area contributed by atoms with Gasteiger partial charge in [-0.3, -0.25) is 9.89 Å². The monoisotopic (exact) mass is 447 g/mol. The Hall–Kier alpha value is -3.32. The molecule has 0 aliphatic carbocycles. The Morgan fingerprint density at radius 3 is 2.36 bits per heavy atom. The first-order chi connectivity index (χ1) is 15.8. The number of rotatable bonds is 7. The number of nitrogens with zero attached hydrogens (tertiary/aromatic N) is 2. The van der Waals surface area contributed by atoms with Crippen LogP contribution in [0.2, 0.25) is 0 Å². The highest BCUT2D eigenvalue weighted by Gasteiger charge is 2.19. The Kier molecular flexibility index (Phi) is 6.70. The quantitative estimate of drug-likeness (QED) is 0.512. The van der Waals surface area contributed by atoms with E-state index in [-0.39, 0.29) is 0 Å². The summed E-state index contributed by atoms with van der Waals surface area (Å²) in [6.07, 6.45) is 0.555. The van der Waals surface area contributed by atoms with Crippen LogP contribution in [0.15, 0.2) is 30.3 Å². The van der Waals surface area contributed by atoms with Gasteiger partial charge >= 0.3 is 0 Å². The van der Waals surface area contributed by atoms with Crippen LogP contribution in [0.3, 0.4) is 0 Å². The number of aromatic amines is 1. The van der Waals surface area contributed by atoms with Crippen molar-refractivity contribution in [1.29, 1.82) is 0 Å². The molecule has 1 aliphatic heterocycles. The number of hydrogen-bond donors (Lipinski definition) is 3. The zero-order chi connectivity index (χ0) is 23.5. The van der Waals surface area contributed by atoms with Crippen molar-refractivity contribution >= 4 is 17.4 Å². The minimum absolute atomic E-state index is 0.422. The Morgan fingerprint density at radius 2 is 1.73 bits per heavy atom. The zero-order valence-corrected chi connectivity index (χ0v) is 19.9. The maximum atomic E-state index is 12.3. The van der Waals surface area contributed by atoms with Crippen molar-refractivity contribution in [2.45, 2.75) is 40.7 Å². The Morgan fingerprint density at radius 1 is 1.06 bits per heavy atom. The molecular weight excluding hydrogens is 414 g/mol. The van der Waals surface area contributed by atoms with Crippen LogP contribution in [0, 0.1) is 27.7 Å². The Balaban J connectivity index is 1.51. The molecule has 0 radical (unpaired) electrons. The van der Waals surface area contributed by atoms with Crippen molar-refractivity contribution in [1.82, 2.24) is 10.2 Å². The molecule has 2 heterocycles. The third kappa shape index (κ3) is 5.03. The molecule has 7 heteroatoms. The van der Waals surface area contributed by atoms with Gasteiger partial charge in [0, 0.05) is 31.7 Å². The molecule has 1 fully saturated rings. The lowest BCUT2D eigenvalue weighted by atomic mass is 10.0. The van der Waals surface area contributed by atoms with Crippen LogP contribution in [-0.2, 0) is 17.7 Å². The number of amides is 1. The van der Waals surface area contributed by atoms with Crippen molar-refractivity contribution < 1.29 is 9.53 Å². The van der Waals surface area contributed by atoms with Gasteiger partial charge in [0.25, 0.3) is 5.91 Å². The lowest BCUT2D eigenvalue weighted by Gasteiger charge is -2.30. The second-order valence-electron chi connectivity index (χ2n) is 8.90. The Bertz CT molecular complexity index is 1140. The van der Waals surface area contributed by atoms with Gasteiger partial charge in [0.2, 0.25) is 0 Å². The van der Waals surface area contributed by atoms with E-state index in [1.807, 2.05) is 0 Å². The number of anilines is 2. The third-order valence-corrected chi connectivity index (χ3v) is 6.53. The molecule has 4 rings (SSSR count). The maximum absolute atomic E-state index is 12.3. The van der Waals surface area contributed by atoms with Gasteiger partial charge in [-0.2, -0.15) is 5.10 Å². The molecule has 33 heavy (non-hydrogen) atoms. The predicted molar refractivity (Wildman–Crippen MR) is 132 cm³/mol. The van der Waals surface area contributed by atoms with Crippen molar-refractivity contribution in [2.75, 3.05) is 36.5 Å². The molecule has 0 bridgehead atoms. The fourth-order valence-electron chi connectivity index (χ4n) is 4.50. The number of primary amides is 1.